The molecule has 0 aliphatic carbocycles. The molecule has 0 radical (unpaired) electrons. The van der Waals surface area contributed by atoms with Crippen LogP contribution in [0.2, 0.25) is 5.15 Å². The van der Waals surface area contributed by atoms with Crippen molar-refractivity contribution in [2.24, 2.45) is 5.92 Å². The van der Waals surface area contributed by atoms with Gasteiger partial charge in [0.15, 0.2) is 11.0 Å². The fourth-order valence-electron chi connectivity index (χ4n) is 1.81. The number of likely N-dealkylation sites (N-methyl/N-ethyl adjacent to an activating group) is 1. The zero-order valence-electron chi connectivity index (χ0n) is 12.9. The SMILES string of the molecule is Cc1nc(Cl)c(N(CCN(C)C)CC(C)C)nc1C. The summed E-state index contributed by atoms with van der Waals surface area (Å²) in [4.78, 5) is 13.4. The Hall–Kier alpha value is -0.870. The van der Waals surface area contributed by atoms with Crippen molar-refractivity contribution in [3.63, 3.8) is 0 Å². The predicted octanol–water partition coefficient (Wildman–Crippen LogP) is 2.77. The third-order valence-electron chi connectivity index (χ3n) is 2.95. The van der Waals surface area contributed by atoms with E-state index in [2.05, 4.69) is 47.7 Å². The molecule has 4 nitrogen and oxygen atoms in total. The van der Waals surface area contributed by atoms with E-state index in [0.717, 1.165) is 36.8 Å². The first-order valence-corrected chi connectivity index (χ1v) is 7.09. The highest BCUT2D eigenvalue weighted by molar-refractivity contribution is 6.31. The van der Waals surface area contributed by atoms with Crippen molar-refractivity contribution >= 4 is 17.4 Å². The van der Waals surface area contributed by atoms with Gasteiger partial charge in [-0.15, -0.1) is 0 Å². The Balaban J connectivity index is 2.99. The summed E-state index contributed by atoms with van der Waals surface area (Å²) >= 11 is 6.27. The third-order valence-corrected chi connectivity index (χ3v) is 3.20. The smallest absolute Gasteiger partial charge is 0.171 e. The summed E-state index contributed by atoms with van der Waals surface area (Å²) in [5, 5.41) is 0.502. The van der Waals surface area contributed by atoms with Gasteiger partial charge in [-0.2, -0.15) is 0 Å². The molecule has 0 unspecified atom stereocenters. The van der Waals surface area contributed by atoms with Crippen LogP contribution in [0.4, 0.5) is 5.82 Å². The molecule has 19 heavy (non-hydrogen) atoms. The highest BCUT2D eigenvalue weighted by Gasteiger charge is 2.16. The van der Waals surface area contributed by atoms with Crippen molar-refractivity contribution in [3.05, 3.63) is 16.5 Å². The van der Waals surface area contributed by atoms with Crippen molar-refractivity contribution < 1.29 is 0 Å². The quantitative estimate of drug-likeness (QED) is 0.804. The van der Waals surface area contributed by atoms with Crippen LogP contribution in [0.1, 0.15) is 25.2 Å². The lowest BCUT2D eigenvalue weighted by Gasteiger charge is -2.27. The first-order chi connectivity index (χ1) is 8.81. The number of rotatable bonds is 6. The van der Waals surface area contributed by atoms with Gasteiger partial charge < -0.3 is 9.80 Å². The number of nitrogens with zero attached hydrogens (tertiary/aromatic N) is 4. The Kier molecular flexibility index (Phi) is 6.01. The van der Waals surface area contributed by atoms with E-state index in [4.69, 9.17) is 11.6 Å². The Morgan fingerprint density at radius 1 is 1.05 bits per heavy atom. The number of hydrogen-bond acceptors (Lipinski definition) is 4. The van der Waals surface area contributed by atoms with E-state index in [-0.39, 0.29) is 0 Å². The van der Waals surface area contributed by atoms with Crippen molar-refractivity contribution in [2.75, 3.05) is 38.6 Å². The molecular formula is C14H25ClN4. The van der Waals surface area contributed by atoms with Crippen LogP contribution < -0.4 is 4.90 Å². The first-order valence-electron chi connectivity index (χ1n) is 6.71. The van der Waals surface area contributed by atoms with Crippen LogP contribution in [0.3, 0.4) is 0 Å². The largest absolute Gasteiger partial charge is 0.353 e. The maximum absolute atomic E-state index is 6.27. The van der Waals surface area contributed by atoms with Gasteiger partial charge in [-0.1, -0.05) is 25.4 Å². The Morgan fingerprint density at radius 3 is 2.16 bits per heavy atom. The molecule has 0 fully saturated rings. The van der Waals surface area contributed by atoms with Gasteiger partial charge in [0.05, 0.1) is 11.4 Å². The van der Waals surface area contributed by atoms with E-state index in [1.165, 1.54) is 0 Å². The van der Waals surface area contributed by atoms with E-state index >= 15 is 0 Å². The summed E-state index contributed by atoms with van der Waals surface area (Å²) in [6, 6.07) is 0. The number of aryl methyl sites for hydroxylation is 2. The van der Waals surface area contributed by atoms with Crippen LogP contribution in [-0.4, -0.2) is 48.6 Å². The molecule has 0 aliphatic rings. The summed E-state index contributed by atoms with van der Waals surface area (Å²) in [7, 11) is 4.14. The molecule has 0 bridgehead atoms. The second kappa shape index (κ2) is 7.06. The lowest BCUT2D eigenvalue weighted by atomic mass is 10.2. The van der Waals surface area contributed by atoms with Gasteiger partial charge in [0.1, 0.15) is 0 Å². The van der Waals surface area contributed by atoms with Crippen molar-refractivity contribution in [2.45, 2.75) is 27.7 Å². The van der Waals surface area contributed by atoms with Crippen LogP contribution in [-0.2, 0) is 0 Å². The van der Waals surface area contributed by atoms with Gasteiger partial charge in [-0.3, -0.25) is 0 Å². The van der Waals surface area contributed by atoms with E-state index in [0.29, 0.717) is 11.1 Å². The van der Waals surface area contributed by atoms with Crippen molar-refractivity contribution in [1.29, 1.82) is 0 Å². The van der Waals surface area contributed by atoms with E-state index < -0.39 is 0 Å². The monoisotopic (exact) mass is 284 g/mol. The topological polar surface area (TPSA) is 32.3 Å². The third kappa shape index (κ3) is 4.96. The van der Waals surface area contributed by atoms with Gasteiger partial charge in [-0.05, 0) is 33.9 Å². The minimum Gasteiger partial charge on any atom is -0.353 e. The highest BCUT2D eigenvalue weighted by atomic mass is 35.5. The average molecular weight is 285 g/mol. The Bertz CT molecular complexity index is 418. The standard InChI is InChI=1S/C14H25ClN4/c1-10(2)9-19(8-7-18(5)6)14-13(15)16-11(3)12(4)17-14/h10H,7-9H2,1-6H3. The summed E-state index contributed by atoms with van der Waals surface area (Å²) in [5.41, 5.74) is 1.84. The molecule has 1 aromatic rings. The van der Waals surface area contributed by atoms with Crippen LogP contribution in [0.5, 0.6) is 0 Å². The maximum atomic E-state index is 6.27. The predicted molar refractivity (Wildman–Crippen MR) is 82.1 cm³/mol. The first kappa shape index (κ1) is 16.2. The normalized spacial score (nSPS) is 11.4. The molecular weight excluding hydrogens is 260 g/mol. The molecule has 108 valence electrons. The van der Waals surface area contributed by atoms with Crippen LogP contribution in [0.25, 0.3) is 0 Å². The molecule has 0 amide bonds. The van der Waals surface area contributed by atoms with Gasteiger partial charge in [0, 0.05) is 19.6 Å². The summed E-state index contributed by atoms with van der Waals surface area (Å²) in [6.07, 6.45) is 0. The summed E-state index contributed by atoms with van der Waals surface area (Å²) < 4.78 is 0. The molecule has 0 N–H and O–H groups in total. The van der Waals surface area contributed by atoms with E-state index in [1.54, 1.807) is 0 Å². The summed E-state index contributed by atoms with van der Waals surface area (Å²) in [6.45, 7) is 11.1. The van der Waals surface area contributed by atoms with Gasteiger partial charge in [0.25, 0.3) is 0 Å². The Labute approximate surface area is 121 Å². The molecule has 0 spiro atoms. The lowest BCUT2D eigenvalue weighted by Crippen LogP contribution is -2.35. The highest BCUT2D eigenvalue weighted by Crippen LogP contribution is 2.23. The molecule has 1 aromatic heterocycles. The van der Waals surface area contributed by atoms with Crippen LogP contribution in [0, 0.1) is 19.8 Å². The second-order valence-corrected chi connectivity index (χ2v) is 6.01. The van der Waals surface area contributed by atoms with Crippen LogP contribution >= 0.6 is 11.6 Å². The maximum Gasteiger partial charge on any atom is 0.171 e. The Morgan fingerprint density at radius 2 is 1.63 bits per heavy atom. The zero-order valence-corrected chi connectivity index (χ0v) is 13.6. The molecule has 0 saturated carbocycles. The fraction of sp³-hybridized carbons (Fsp3) is 0.714. The average Bonchev–Trinajstić information content (AvgIpc) is 2.29. The fourth-order valence-corrected chi connectivity index (χ4v) is 2.10. The summed E-state index contributed by atoms with van der Waals surface area (Å²) in [5.74, 6) is 1.36. The van der Waals surface area contributed by atoms with Gasteiger partial charge in [0.2, 0.25) is 0 Å². The molecule has 0 saturated heterocycles. The van der Waals surface area contributed by atoms with Crippen molar-refractivity contribution in [3.8, 4) is 0 Å². The van der Waals surface area contributed by atoms with E-state index in [9.17, 15) is 0 Å². The molecule has 5 heteroatoms. The number of hydrogen-bond donors (Lipinski definition) is 0. The van der Waals surface area contributed by atoms with Crippen LogP contribution in [0.15, 0.2) is 0 Å². The lowest BCUT2D eigenvalue weighted by molar-refractivity contribution is 0.408. The molecule has 1 rings (SSSR count). The molecule has 0 aromatic carbocycles. The molecule has 0 aliphatic heterocycles. The van der Waals surface area contributed by atoms with Gasteiger partial charge in [-0.25, -0.2) is 9.97 Å². The number of halogens is 1. The number of anilines is 1. The second-order valence-electron chi connectivity index (χ2n) is 5.65. The van der Waals surface area contributed by atoms with E-state index in [1.807, 2.05) is 13.8 Å². The minimum absolute atomic E-state index is 0.502. The number of aromatic nitrogens is 2. The van der Waals surface area contributed by atoms with Gasteiger partial charge >= 0.3 is 0 Å². The molecule has 1 heterocycles. The minimum atomic E-state index is 0.502. The van der Waals surface area contributed by atoms with Crippen molar-refractivity contribution in [1.82, 2.24) is 14.9 Å². The molecule has 0 atom stereocenters. The zero-order chi connectivity index (χ0) is 14.6.